The van der Waals surface area contributed by atoms with Crippen molar-refractivity contribution in [3.63, 3.8) is 0 Å². The minimum absolute atomic E-state index is 0.00714. The average molecular weight is 349 g/mol. The molecule has 0 saturated carbocycles. The van der Waals surface area contributed by atoms with Crippen LogP contribution >= 0.6 is 0 Å². The van der Waals surface area contributed by atoms with Crippen LogP contribution in [-0.2, 0) is 11.4 Å². The van der Waals surface area contributed by atoms with Crippen LogP contribution in [-0.4, -0.2) is 23.0 Å². The molecule has 7 heteroatoms. The summed E-state index contributed by atoms with van der Waals surface area (Å²) in [5.74, 6) is -1.06. The molecule has 0 aliphatic heterocycles. The van der Waals surface area contributed by atoms with Crippen molar-refractivity contribution in [2.45, 2.75) is 32.9 Å². The van der Waals surface area contributed by atoms with Crippen molar-refractivity contribution in [1.82, 2.24) is 5.32 Å². The quantitative estimate of drug-likeness (QED) is 0.764. The fourth-order valence-corrected chi connectivity index (χ4v) is 2.19. The number of hydrogen-bond acceptors (Lipinski definition) is 4. The lowest BCUT2D eigenvalue weighted by Gasteiger charge is -2.15. The highest BCUT2D eigenvalue weighted by Crippen LogP contribution is 2.15. The van der Waals surface area contributed by atoms with Crippen molar-refractivity contribution >= 4 is 11.9 Å². The van der Waals surface area contributed by atoms with Gasteiger partial charge < -0.3 is 19.6 Å². The molecule has 6 nitrogen and oxygen atoms in total. The number of carboxylic acid groups (broad SMARTS) is 1. The maximum Gasteiger partial charge on any atom is 0.326 e. The highest BCUT2D eigenvalue weighted by atomic mass is 19.1. The van der Waals surface area contributed by atoms with E-state index < -0.39 is 17.9 Å². The third-order valence-electron chi connectivity index (χ3n) is 3.39. The van der Waals surface area contributed by atoms with Crippen molar-refractivity contribution in [2.24, 2.45) is 5.92 Å². The summed E-state index contributed by atoms with van der Waals surface area (Å²) in [4.78, 5) is 23.3. The first-order valence-electron chi connectivity index (χ1n) is 7.86. The molecule has 0 aliphatic rings. The van der Waals surface area contributed by atoms with E-state index in [1.807, 2.05) is 13.8 Å². The fourth-order valence-electron chi connectivity index (χ4n) is 2.19. The van der Waals surface area contributed by atoms with Crippen LogP contribution in [0.2, 0.25) is 0 Å². The SMILES string of the molecule is CC(C)CC(NC(=O)c1ccc(COc2ccc(F)cc2)o1)C(=O)O. The van der Waals surface area contributed by atoms with Gasteiger partial charge in [-0.15, -0.1) is 0 Å². The third-order valence-corrected chi connectivity index (χ3v) is 3.39. The number of aliphatic carboxylic acids is 1. The fraction of sp³-hybridized carbons (Fsp3) is 0.333. The summed E-state index contributed by atoms with van der Waals surface area (Å²) in [5.41, 5.74) is 0. The zero-order valence-electron chi connectivity index (χ0n) is 14.0. The smallest absolute Gasteiger partial charge is 0.326 e. The number of benzene rings is 1. The zero-order chi connectivity index (χ0) is 18.4. The number of rotatable bonds is 8. The van der Waals surface area contributed by atoms with Crippen LogP contribution in [0.5, 0.6) is 5.75 Å². The summed E-state index contributed by atoms with van der Waals surface area (Å²) in [6.07, 6.45) is 0.322. The van der Waals surface area contributed by atoms with Crippen molar-refractivity contribution in [3.05, 3.63) is 53.7 Å². The van der Waals surface area contributed by atoms with Crippen molar-refractivity contribution in [1.29, 1.82) is 0 Å². The molecule has 2 aromatic rings. The molecule has 134 valence electrons. The van der Waals surface area contributed by atoms with Crippen LogP contribution in [0, 0.1) is 11.7 Å². The molecule has 1 unspecified atom stereocenters. The summed E-state index contributed by atoms with van der Waals surface area (Å²) < 4.78 is 23.6. The van der Waals surface area contributed by atoms with Crippen molar-refractivity contribution in [2.75, 3.05) is 0 Å². The van der Waals surface area contributed by atoms with E-state index in [1.54, 1.807) is 6.07 Å². The Hall–Kier alpha value is -2.83. The molecule has 25 heavy (non-hydrogen) atoms. The summed E-state index contributed by atoms with van der Waals surface area (Å²) in [6, 6.07) is 7.55. The molecule has 1 aromatic carbocycles. The highest BCUT2D eigenvalue weighted by molar-refractivity contribution is 5.94. The number of halogens is 1. The van der Waals surface area contributed by atoms with Crippen LogP contribution in [0.25, 0.3) is 0 Å². The van der Waals surface area contributed by atoms with E-state index in [4.69, 9.17) is 14.3 Å². The van der Waals surface area contributed by atoms with Crippen molar-refractivity contribution in [3.8, 4) is 5.75 Å². The minimum atomic E-state index is -1.09. The molecular formula is C18H20FNO5. The second-order valence-electron chi connectivity index (χ2n) is 6.00. The van der Waals surface area contributed by atoms with E-state index in [0.717, 1.165) is 0 Å². The Labute approximate surface area is 144 Å². The maximum absolute atomic E-state index is 12.8. The lowest BCUT2D eigenvalue weighted by Crippen LogP contribution is -2.41. The largest absolute Gasteiger partial charge is 0.486 e. The Kier molecular flexibility index (Phi) is 6.16. The van der Waals surface area contributed by atoms with Gasteiger partial charge in [-0.3, -0.25) is 4.79 Å². The summed E-state index contributed by atoms with van der Waals surface area (Å²) in [7, 11) is 0. The molecular weight excluding hydrogens is 329 g/mol. The van der Waals surface area contributed by atoms with E-state index >= 15 is 0 Å². The molecule has 0 spiro atoms. The van der Waals surface area contributed by atoms with Crippen LogP contribution in [0.15, 0.2) is 40.8 Å². The number of nitrogens with one attached hydrogen (secondary N) is 1. The third kappa shape index (κ3) is 5.63. The number of carbonyl (C=O) groups excluding carboxylic acids is 1. The maximum atomic E-state index is 12.8. The summed E-state index contributed by atoms with van der Waals surface area (Å²) in [6.45, 7) is 3.81. The lowest BCUT2D eigenvalue weighted by atomic mass is 10.0. The van der Waals surface area contributed by atoms with Crippen LogP contribution in [0.1, 0.15) is 36.6 Å². The number of ether oxygens (including phenoxy) is 1. The standard InChI is InChI=1S/C18H20FNO5/c1-11(2)9-15(18(22)23)20-17(21)16-8-7-14(25-16)10-24-13-5-3-12(19)4-6-13/h3-8,11,15H,9-10H2,1-2H3,(H,20,21)(H,22,23). The summed E-state index contributed by atoms with van der Waals surface area (Å²) >= 11 is 0. The molecule has 1 aromatic heterocycles. The first-order chi connectivity index (χ1) is 11.8. The van der Waals surface area contributed by atoms with Crippen LogP contribution in [0.4, 0.5) is 4.39 Å². The Bertz CT molecular complexity index is 723. The van der Waals surface area contributed by atoms with Crippen LogP contribution in [0.3, 0.4) is 0 Å². The molecule has 0 radical (unpaired) electrons. The van der Waals surface area contributed by atoms with Crippen molar-refractivity contribution < 1.29 is 28.2 Å². The van der Waals surface area contributed by atoms with E-state index in [2.05, 4.69) is 5.32 Å². The average Bonchev–Trinajstić information content (AvgIpc) is 3.02. The highest BCUT2D eigenvalue weighted by Gasteiger charge is 2.23. The lowest BCUT2D eigenvalue weighted by molar-refractivity contribution is -0.139. The number of carbonyl (C=O) groups is 2. The first kappa shape index (κ1) is 18.5. The van der Waals surface area contributed by atoms with Gasteiger partial charge in [0, 0.05) is 0 Å². The Morgan fingerprint density at radius 2 is 1.88 bits per heavy atom. The second-order valence-corrected chi connectivity index (χ2v) is 6.00. The van der Waals surface area contributed by atoms with Gasteiger partial charge in [0.15, 0.2) is 5.76 Å². The number of amides is 1. The van der Waals surface area contributed by atoms with E-state index in [0.29, 0.717) is 17.9 Å². The van der Waals surface area contributed by atoms with Gasteiger partial charge in [0.2, 0.25) is 0 Å². The van der Waals surface area contributed by atoms with Gasteiger partial charge in [0.1, 0.15) is 30.0 Å². The number of carboxylic acids is 1. The topological polar surface area (TPSA) is 88.8 Å². The molecule has 0 saturated heterocycles. The molecule has 0 fully saturated rings. The molecule has 0 bridgehead atoms. The van der Waals surface area contributed by atoms with E-state index in [-0.39, 0.29) is 24.1 Å². The van der Waals surface area contributed by atoms with Gasteiger partial charge in [-0.25, -0.2) is 9.18 Å². The van der Waals surface area contributed by atoms with Gasteiger partial charge in [-0.1, -0.05) is 13.8 Å². The molecule has 2 N–H and O–H groups in total. The number of furan rings is 1. The molecule has 2 rings (SSSR count). The predicted octanol–water partition coefficient (Wildman–Crippen LogP) is 3.23. The predicted molar refractivity (Wildman–Crippen MR) is 87.8 cm³/mol. The molecule has 0 aliphatic carbocycles. The Balaban J connectivity index is 1.93. The first-order valence-corrected chi connectivity index (χ1v) is 7.86. The van der Waals surface area contributed by atoms with Crippen LogP contribution < -0.4 is 10.1 Å². The summed E-state index contributed by atoms with van der Waals surface area (Å²) in [5, 5.41) is 11.6. The minimum Gasteiger partial charge on any atom is -0.486 e. The normalized spacial score (nSPS) is 12.0. The second kappa shape index (κ2) is 8.32. The van der Waals surface area contributed by atoms with Gasteiger partial charge in [0.05, 0.1) is 0 Å². The number of hydrogen-bond donors (Lipinski definition) is 2. The molecule has 1 heterocycles. The Morgan fingerprint density at radius 1 is 1.20 bits per heavy atom. The zero-order valence-corrected chi connectivity index (χ0v) is 14.0. The van der Waals surface area contributed by atoms with E-state index in [1.165, 1.54) is 30.3 Å². The molecule has 1 atom stereocenters. The van der Waals surface area contributed by atoms with Gasteiger partial charge in [-0.2, -0.15) is 0 Å². The monoisotopic (exact) mass is 349 g/mol. The van der Waals surface area contributed by atoms with E-state index in [9.17, 15) is 14.0 Å². The van der Waals surface area contributed by atoms with Gasteiger partial charge >= 0.3 is 5.97 Å². The van der Waals surface area contributed by atoms with Gasteiger partial charge in [-0.05, 0) is 48.7 Å². The Morgan fingerprint density at radius 3 is 2.48 bits per heavy atom. The van der Waals surface area contributed by atoms with Gasteiger partial charge in [0.25, 0.3) is 5.91 Å². The molecule has 1 amide bonds.